The predicted octanol–water partition coefficient (Wildman–Crippen LogP) is 0.992. The number of aryl methyl sites for hydroxylation is 2. The van der Waals surface area contributed by atoms with E-state index >= 15 is 0 Å². The second kappa shape index (κ2) is 2.05. The summed E-state index contributed by atoms with van der Waals surface area (Å²) < 4.78 is 0. The van der Waals surface area contributed by atoms with Gasteiger partial charge in [-0.3, -0.25) is 4.79 Å². The summed E-state index contributed by atoms with van der Waals surface area (Å²) in [6, 6.07) is 0. The summed E-state index contributed by atoms with van der Waals surface area (Å²) in [5.74, 6) is 0. The molecule has 0 amide bonds. The highest BCUT2D eigenvalue weighted by Crippen LogP contribution is 1.87. The summed E-state index contributed by atoms with van der Waals surface area (Å²) in [5.41, 5.74) is 1.68. The molecule has 0 atom stereocenters. The van der Waals surface area contributed by atoms with Gasteiger partial charge in [-0.05, 0) is 13.8 Å². The van der Waals surface area contributed by atoms with Crippen molar-refractivity contribution in [3.63, 3.8) is 0 Å². The van der Waals surface area contributed by atoms with E-state index in [-0.39, 0.29) is 5.43 Å². The van der Waals surface area contributed by atoms with Crippen LogP contribution in [0.5, 0.6) is 0 Å². The Labute approximate surface area is 53.5 Å². The van der Waals surface area contributed by atoms with E-state index < -0.39 is 0 Å². The van der Waals surface area contributed by atoms with Gasteiger partial charge in [-0.25, -0.2) is 0 Å². The Morgan fingerprint density at radius 3 is 2.00 bits per heavy atom. The Hall–Kier alpha value is -1.05. The van der Waals surface area contributed by atoms with Crippen molar-refractivity contribution in [2.45, 2.75) is 13.8 Å². The number of H-pyrrole nitrogens is 1. The third-order valence-electron chi connectivity index (χ3n) is 1.32. The summed E-state index contributed by atoms with van der Waals surface area (Å²) in [7, 11) is 0. The molecule has 2 heteroatoms. The Kier molecular flexibility index (Phi) is 1.39. The molecule has 0 unspecified atom stereocenters. The van der Waals surface area contributed by atoms with Crippen LogP contribution in [0.4, 0.5) is 0 Å². The van der Waals surface area contributed by atoms with Gasteiger partial charge in [0, 0.05) is 23.5 Å². The molecule has 2 nitrogen and oxygen atoms in total. The highest BCUT2D eigenvalue weighted by molar-refractivity contribution is 5.14. The minimum atomic E-state index is 0.133. The first-order valence-electron chi connectivity index (χ1n) is 2.86. The average molecular weight is 123 g/mol. The van der Waals surface area contributed by atoms with Crippen LogP contribution in [-0.4, -0.2) is 4.98 Å². The standard InChI is InChI=1S/C7H9NO/c1-5-3-8-4-6(2)7(5)9/h3-4H,1-2H3,(H,8,9). The SMILES string of the molecule is Cc1c[nH]cc(C)c1=O. The third-order valence-corrected chi connectivity index (χ3v) is 1.32. The van der Waals surface area contributed by atoms with Crippen molar-refractivity contribution in [3.8, 4) is 0 Å². The maximum atomic E-state index is 10.9. The van der Waals surface area contributed by atoms with Gasteiger partial charge in [-0.2, -0.15) is 0 Å². The molecule has 1 aromatic heterocycles. The van der Waals surface area contributed by atoms with E-state index in [1.165, 1.54) is 0 Å². The van der Waals surface area contributed by atoms with Crippen molar-refractivity contribution < 1.29 is 0 Å². The van der Waals surface area contributed by atoms with Crippen molar-refractivity contribution in [2.75, 3.05) is 0 Å². The zero-order valence-electron chi connectivity index (χ0n) is 5.56. The van der Waals surface area contributed by atoms with E-state index in [2.05, 4.69) is 4.98 Å². The second-order valence-electron chi connectivity index (χ2n) is 2.15. The molecule has 0 aromatic carbocycles. The quantitative estimate of drug-likeness (QED) is 0.548. The Bertz CT molecular complexity index is 239. The predicted molar refractivity (Wildman–Crippen MR) is 36.5 cm³/mol. The topological polar surface area (TPSA) is 32.9 Å². The largest absolute Gasteiger partial charge is 0.367 e. The molecule has 0 aliphatic carbocycles. The maximum absolute atomic E-state index is 10.9. The highest BCUT2D eigenvalue weighted by atomic mass is 16.1. The lowest BCUT2D eigenvalue weighted by Crippen LogP contribution is -2.07. The van der Waals surface area contributed by atoms with Crippen LogP contribution in [0.1, 0.15) is 11.1 Å². The summed E-state index contributed by atoms with van der Waals surface area (Å²) in [4.78, 5) is 13.8. The van der Waals surface area contributed by atoms with Crippen LogP contribution in [0.15, 0.2) is 17.2 Å². The third kappa shape index (κ3) is 1.02. The monoisotopic (exact) mass is 123 g/mol. The van der Waals surface area contributed by atoms with Crippen molar-refractivity contribution in [3.05, 3.63) is 33.7 Å². The number of hydrogen-bond donors (Lipinski definition) is 1. The number of pyridine rings is 1. The van der Waals surface area contributed by atoms with Crippen LogP contribution in [0, 0.1) is 13.8 Å². The summed E-state index contributed by atoms with van der Waals surface area (Å²) in [6.45, 7) is 3.59. The molecule has 48 valence electrons. The molecule has 1 aromatic rings. The lowest BCUT2D eigenvalue weighted by molar-refractivity contribution is 1.18. The van der Waals surface area contributed by atoms with Crippen LogP contribution >= 0.6 is 0 Å². The molecular formula is C7H9NO. The first-order chi connectivity index (χ1) is 4.22. The molecule has 0 spiro atoms. The van der Waals surface area contributed by atoms with Gasteiger partial charge >= 0.3 is 0 Å². The van der Waals surface area contributed by atoms with Gasteiger partial charge in [0.25, 0.3) is 0 Å². The highest BCUT2D eigenvalue weighted by Gasteiger charge is 1.92. The van der Waals surface area contributed by atoms with Gasteiger partial charge in [-0.15, -0.1) is 0 Å². The van der Waals surface area contributed by atoms with E-state index in [4.69, 9.17) is 0 Å². The Morgan fingerprint density at radius 1 is 1.22 bits per heavy atom. The molecule has 0 bridgehead atoms. The smallest absolute Gasteiger partial charge is 0.187 e. The number of aromatic amines is 1. The number of nitrogens with one attached hydrogen (secondary N) is 1. The zero-order chi connectivity index (χ0) is 6.85. The van der Waals surface area contributed by atoms with Gasteiger partial charge < -0.3 is 4.98 Å². The molecule has 0 fully saturated rings. The van der Waals surface area contributed by atoms with Crippen LogP contribution in [0.2, 0.25) is 0 Å². The van der Waals surface area contributed by atoms with Crippen LogP contribution in [0.3, 0.4) is 0 Å². The molecule has 0 radical (unpaired) electrons. The lowest BCUT2D eigenvalue weighted by Gasteiger charge is -1.90. The summed E-state index contributed by atoms with van der Waals surface area (Å²) in [5, 5.41) is 0. The second-order valence-corrected chi connectivity index (χ2v) is 2.15. The minimum Gasteiger partial charge on any atom is -0.367 e. The molecule has 1 N–H and O–H groups in total. The fourth-order valence-corrected chi connectivity index (χ4v) is 0.734. The van der Waals surface area contributed by atoms with Gasteiger partial charge in [0.1, 0.15) is 0 Å². The fourth-order valence-electron chi connectivity index (χ4n) is 0.734. The molecule has 0 aliphatic rings. The van der Waals surface area contributed by atoms with Crippen molar-refractivity contribution in [2.24, 2.45) is 0 Å². The van der Waals surface area contributed by atoms with E-state index in [1.807, 2.05) is 0 Å². The van der Waals surface area contributed by atoms with Gasteiger partial charge in [0.2, 0.25) is 0 Å². The Balaban J connectivity index is 3.43. The van der Waals surface area contributed by atoms with Crippen LogP contribution in [0.25, 0.3) is 0 Å². The average Bonchev–Trinajstić information content (AvgIpc) is 1.83. The molecule has 0 aliphatic heterocycles. The Morgan fingerprint density at radius 2 is 1.67 bits per heavy atom. The van der Waals surface area contributed by atoms with Crippen LogP contribution < -0.4 is 5.43 Å². The molecule has 0 saturated heterocycles. The van der Waals surface area contributed by atoms with Crippen molar-refractivity contribution in [1.82, 2.24) is 4.98 Å². The van der Waals surface area contributed by atoms with Gasteiger partial charge in [0.15, 0.2) is 5.43 Å². The van der Waals surface area contributed by atoms with Crippen molar-refractivity contribution >= 4 is 0 Å². The van der Waals surface area contributed by atoms with Gasteiger partial charge in [-0.1, -0.05) is 0 Å². The van der Waals surface area contributed by atoms with Gasteiger partial charge in [0.05, 0.1) is 0 Å². The lowest BCUT2D eigenvalue weighted by atomic mass is 10.2. The molecule has 1 heterocycles. The number of hydrogen-bond acceptors (Lipinski definition) is 1. The van der Waals surface area contributed by atoms with Crippen LogP contribution in [-0.2, 0) is 0 Å². The first-order valence-corrected chi connectivity index (χ1v) is 2.86. The maximum Gasteiger partial charge on any atom is 0.187 e. The molecular weight excluding hydrogens is 114 g/mol. The molecule has 0 saturated carbocycles. The molecule has 1 rings (SSSR count). The number of aromatic nitrogens is 1. The molecule has 9 heavy (non-hydrogen) atoms. The van der Waals surface area contributed by atoms with E-state index in [0.717, 1.165) is 11.1 Å². The zero-order valence-corrected chi connectivity index (χ0v) is 5.56. The number of rotatable bonds is 0. The minimum absolute atomic E-state index is 0.133. The fraction of sp³-hybridized carbons (Fsp3) is 0.286. The normalized spacial score (nSPS) is 9.56. The first kappa shape index (κ1) is 6.08. The van der Waals surface area contributed by atoms with Crippen molar-refractivity contribution in [1.29, 1.82) is 0 Å². The summed E-state index contributed by atoms with van der Waals surface area (Å²) >= 11 is 0. The van der Waals surface area contributed by atoms with E-state index in [0.29, 0.717) is 0 Å². The van der Waals surface area contributed by atoms with E-state index in [1.54, 1.807) is 26.2 Å². The van der Waals surface area contributed by atoms with E-state index in [9.17, 15) is 4.79 Å². The summed E-state index contributed by atoms with van der Waals surface area (Å²) in [6.07, 6.45) is 3.41.